The van der Waals surface area contributed by atoms with E-state index in [1.807, 2.05) is 79.1 Å². The first kappa shape index (κ1) is 35.8. The third kappa shape index (κ3) is 6.98. The first-order valence-corrected chi connectivity index (χ1v) is 15.7. The molecular weight excluding hydrogens is 910 g/mol. The van der Waals surface area contributed by atoms with Gasteiger partial charge < -0.3 is 24.0 Å². The predicted molar refractivity (Wildman–Crippen MR) is 188 cm³/mol. The minimum absolute atomic E-state index is 0. The van der Waals surface area contributed by atoms with Crippen molar-refractivity contribution in [3.63, 3.8) is 0 Å². The van der Waals surface area contributed by atoms with Crippen LogP contribution < -0.4 is 9.47 Å². The summed E-state index contributed by atoms with van der Waals surface area (Å²) in [5.74, 6) is 2.65. The predicted octanol–water partition coefficient (Wildman–Crippen LogP) is 9.11. The smallest absolute Gasteiger partial charge is 0.503 e. The number of rotatable bonds is 7. The Hall–Kier alpha value is -5.06. The van der Waals surface area contributed by atoms with Gasteiger partial charge in [0.1, 0.15) is 12.7 Å². The Balaban J connectivity index is 0.00000224. The molecule has 8 aromatic rings. The fourth-order valence-corrected chi connectivity index (χ4v) is 6.03. The third-order valence-electron chi connectivity index (χ3n) is 8.33. The van der Waals surface area contributed by atoms with Crippen LogP contribution in [0.5, 0.6) is 23.0 Å². The van der Waals surface area contributed by atoms with Crippen LogP contribution in [0.1, 0.15) is 22.3 Å². The molecule has 0 saturated carbocycles. The molecule has 8 rings (SSSR count). The quantitative estimate of drug-likeness (QED) is 0.117. The summed E-state index contributed by atoms with van der Waals surface area (Å²) in [4.78, 5) is 22.0. The van der Waals surface area contributed by atoms with E-state index in [9.17, 15) is 0 Å². The number of aromatic nitrogens is 6. The zero-order valence-electron chi connectivity index (χ0n) is 27.9. The van der Waals surface area contributed by atoms with Crippen molar-refractivity contribution in [1.29, 1.82) is 0 Å². The molecule has 0 unspecified atom stereocenters. The second kappa shape index (κ2) is 15.0. The molecule has 0 radical (unpaired) electrons. The van der Waals surface area contributed by atoms with Gasteiger partial charge in [-0.2, -0.15) is 22.9 Å². The molecule has 0 spiro atoms. The van der Waals surface area contributed by atoms with Crippen LogP contribution in [0.3, 0.4) is 0 Å². The first-order chi connectivity index (χ1) is 23.9. The summed E-state index contributed by atoms with van der Waals surface area (Å²) in [6.45, 7) is 8.11. The summed E-state index contributed by atoms with van der Waals surface area (Å²) < 4.78 is 14.8. The maximum atomic E-state index is 6.44. The Kier molecular flexibility index (Phi) is 10.5. The van der Waals surface area contributed by atoms with Crippen LogP contribution in [0.15, 0.2) is 97.8 Å². The van der Waals surface area contributed by atoms with Crippen LogP contribution >= 0.6 is 0 Å². The monoisotopic (exact) mass is 937 g/mol. The zero-order valence-corrected chi connectivity index (χ0v) is 31.7. The van der Waals surface area contributed by atoms with Crippen LogP contribution in [-0.4, -0.2) is 29.5 Å². The Bertz CT molecular complexity index is 2340. The largest absolute Gasteiger partial charge is 2.00 e. The number of hydrogen-bond donors (Lipinski definition) is 0. The van der Waals surface area contributed by atoms with Gasteiger partial charge in [-0.15, -0.1) is 58.7 Å². The van der Waals surface area contributed by atoms with E-state index in [0.29, 0.717) is 28.9 Å². The van der Waals surface area contributed by atoms with E-state index < -0.39 is 0 Å². The van der Waals surface area contributed by atoms with Crippen LogP contribution in [-0.2, 0) is 41.5 Å². The molecule has 0 atom stereocenters. The molecule has 0 saturated heterocycles. The van der Waals surface area contributed by atoms with Crippen molar-refractivity contribution in [1.82, 2.24) is 29.5 Å². The van der Waals surface area contributed by atoms with Gasteiger partial charge in [0, 0.05) is 35.4 Å². The molecule has 254 valence electrons. The SMILES string of the molecule is Cc1cc(C)c(-c2ccccn2)[c-]c1Oc1[c-]c2c(cc1)c1ccc(Oc3[c-]c(-c4ccccn4)c(C)cc3C)[c-]c1n2-c1ncncn1.[Pd+2].[Pt+2]. The van der Waals surface area contributed by atoms with E-state index in [1.54, 1.807) is 12.4 Å². The number of pyridine rings is 2. The van der Waals surface area contributed by atoms with Gasteiger partial charge in [0.15, 0.2) is 0 Å². The van der Waals surface area contributed by atoms with E-state index >= 15 is 0 Å². The van der Waals surface area contributed by atoms with E-state index in [-0.39, 0.29) is 41.5 Å². The normalized spacial score (nSPS) is 10.8. The summed E-state index contributed by atoms with van der Waals surface area (Å²) in [5, 5.41) is 1.86. The molecule has 0 aliphatic rings. The van der Waals surface area contributed by atoms with Gasteiger partial charge in [0.25, 0.3) is 0 Å². The molecule has 0 amide bonds. The summed E-state index contributed by atoms with van der Waals surface area (Å²) in [7, 11) is 0. The van der Waals surface area contributed by atoms with Crippen molar-refractivity contribution < 1.29 is 51.0 Å². The van der Waals surface area contributed by atoms with Crippen LogP contribution in [0.4, 0.5) is 0 Å². The van der Waals surface area contributed by atoms with Crippen LogP contribution in [0.2, 0.25) is 0 Å². The van der Waals surface area contributed by atoms with Crippen molar-refractivity contribution in [2.24, 2.45) is 0 Å². The van der Waals surface area contributed by atoms with Crippen molar-refractivity contribution in [3.8, 4) is 51.5 Å². The number of hydrogen-bond acceptors (Lipinski definition) is 7. The number of aryl methyl sites for hydroxylation is 4. The van der Waals surface area contributed by atoms with Crippen molar-refractivity contribution in [2.45, 2.75) is 27.7 Å². The van der Waals surface area contributed by atoms with Gasteiger partial charge in [-0.25, -0.2) is 15.0 Å². The van der Waals surface area contributed by atoms with E-state index in [2.05, 4.69) is 75.2 Å². The topological polar surface area (TPSA) is 87.8 Å². The fourth-order valence-electron chi connectivity index (χ4n) is 6.03. The van der Waals surface area contributed by atoms with Gasteiger partial charge in [-0.05, 0) is 23.5 Å². The minimum Gasteiger partial charge on any atom is -0.503 e. The van der Waals surface area contributed by atoms with Crippen molar-refractivity contribution in [3.05, 3.63) is 144 Å². The molecule has 4 heterocycles. The molecular formula is C41H28N6O2PdPt. The third-order valence-corrected chi connectivity index (χ3v) is 8.33. The van der Waals surface area contributed by atoms with Gasteiger partial charge in [-0.3, -0.25) is 0 Å². The number of fused-ring (bicyclic) bond motifs is 3. The fraction of sp³-hybridized carbons (Fsp3) is 0.0976. The van der Waals surface area contributed by atoms with Gasteiger partial charge >= 0.3 is 41.5 Å². The summed E-state index contributed by atoms with van der Waals surface area (Å²) in [6.07, 6.45) is 6.48. The van der Waals surface area contributed by atoms with Gasteiger partial charge in [-0.1, -0.05) is 86.3 Å². The van der Waals surface area contributed by atoms with E-state index in [4.69, 9.17) is 9.47 Å². The molecule has 0 bridgehead atoms. The summed E-state index contributed by atoms with van der Waals surface area (Å²) in [5.41, 5.74) is 8.92. The van der Waals surface area contributed by atoms with Crippen LogP contribution in [0, 0.1) is 52.0 Å². The second-order valence-corrected chi connectivity index (χ2v) is 11.8. The Morgan fingerprint density at radius 3 is 1.45 bits per heavy atom. The standard InChI is InChI=1S/C41H28N6O2.Pd.Pt/c1-25-17-27(3)39(21-33(25)35-9-5-7-15-43-35)48-29-11-13-31-32-14-12-30(20-38(32)47(37(31)19-29)41-45-23-42-24-46-41)49-40-22-34(26(2)18-28(40)4)36-10-6-8-16-44-36;;/h5-18,23-24H,1-4H3;;/q-4;2*+2. The molecule has 0 aliphatic carbocycles. The van der Waals surface area contributed by atoms with E-state index in [0.717, 1.165) is 66.6 Å². The van der Waals surface area contributed by atoms with Gasteiger partial charge in [0.05, 0.1) is 0 Å². The Morgan fingerprint density at radius 1 is 0.549 bits per heavy atom. The maximum Gasteiger partial charge on any atom is 2.00 e. The van der Waals surface area contributed by atoms with Crippen LogP contribution in [0.25, 0.3) is 50.3 Å². The Labute approximate surface area is 323 Å². The summed E-state index contributed by atoms with van der Waals surface area (Å²) >= 11 is 0. The maximum absolute atomic E-state index is 6.44. The minimum atomic E-state index is 0. The summed E-state index contributed by atoms with van der Waals surface area (Å²) in [6, 6.07) is 37.5. The molecule has 8 nitrogen and oxygen atoms in total. The molecule has 0 aliphatic heterocycles. The Morgan fingerprint density at radius 2 is 1.02 bits per heavy atom. The first-order valence-electron chi connectivity index (χ1n) is 15.7. The van der Waals surface area contributed by atoms with Gasteiger partial charge in [0.2, 0.25) is 5.95 Å². The molecule has 51 heavy (non-hydrogen) atoms. The molecule has 0 N–H and O–H groups in total. The molecule has 4 aromatic carbocycles. The molecule has 0 fully saturated rings. The van der Waals surface area contributed by atoms with Crippen molar-refractivity contribution in [2.75, 3.05) is 0 Å². The number of ether oxygens (including phenoxy) is 2. The average molecular weight is 938 g/mol. The van der Waals surface area contributed by atoms with E-state index in [1.165, 1.54) is 12.7 Å². The number of nitrogens with zero attached hydrogens (tertiary/aromatic N) is 6. The molecule has 4 aromatic heterocycles. The average Bonchev–Trinajstić information content (AvgIpc) is 3.44. The molecule has 10 heteroatoms. The van der Waals surface area contributed by atoms with Crippen molar-refractivity contribution >= 4 is 21.8 Å². The zero-order chi connectivity index (χ0) is 33.5. The number of benzene rings is 4. The second-order valence-electron chi connectivity index (χ2n) is 11.8.